The molecule has 0 saturated carbocycles. The second kappa shape index (κ2) is 7.51. The van der Waals surface area contributed by atoms with E-state index in [2.05, 4.69) is 31.6 Å². The summed E-state index contributed by atoms with van der Waals surface area (Å²) in [6, 6.07) is 6.63. The average Bonchev–Trinajstić information content (AvgIpc) is 3.01. The van der Waals surface area contributed by atoms with Crippen LogP contribution in [0.3, 0.4) is 0 Å². The van der Waals surface area contributed by atoms with Gasteiger partial charge in [-0.1, -0.05) is 12.5 Å². The highest BCUT2D eigenvalue weighted by atomic mass is 16.5. The van der Waals surface area contributed by atoms with Crippen LogP contribution in [0.5, 0.6) is 0 Å². The van der Waals surface area contributed by atoms with E-state index in [-0.39, 0.29) is 0 Å². The first-order chi connectivity index (χ1) is 10.9. The normalized spacial score (nSPS) is 19.4. The molecule has 0 radical (unpaired) electrons. The number of imidazole rings is 1. The van der Waals surface area contributed by atoms with Crippen LogP contribution in [0.15, 0.2) is 36.9 Å². The van der Waals surface area contributed by atoms with Gasteiger partial charge in [0.2, 0.25) is 0 Å². The zero-order chi connectivity index (χ0) is 15.2. The van der Waals surface area contributed by atoms with Gasteiger partial charge in [-0.3, -0.25) is 9.88 Å². The SMILES string of the molecule is COCCn1cncc1CN1CCCC[C@H]1c1ccccn1. The topological polar surface area (TPSA) is 43.2 Å². The Balaban J connectivity index is 1.73. The number of likely N-dealkylation sites (tertiary alicyclic amines) is 1. The zero-order valence-corrected chi connectivity index (χ0v) is 13.2. The Hall–Kier alpha value is -1.72. The van der Waals surface area contributed by atoms with E-state index in [1.807, 2.05) is 24.8 Å². The molecule has 2 aromatic heterocycles. The Bertz CT molecular complexity index is 569. The van der Waals surface area contributed by atoms with Crippen LogP contribution < -0.4 is 0 Å². The Morgan fingerprint density at radius 2 is 2.27 bits per heavy atom. The van der Waals surface area contributed by atoms with Crippen molar-refractivity contribution >= 4 is 0 Å². The van der Waals surface area contributed by atoms with Gasteiger partial charge >= 0.3 is 0 Å². The zero-order valence-electron chi connectivity index (χ0n) is 13.2. The van der Waals surface area contributed by atoms with Crippen LogP contribution in [0.4, 0.5) is 0 Å². The minimum absolute atomic E-state index is 0.417. The lowest BCUT2D eigenvalue weighted by molar-refractivity contribution is 0.132. The molecular formula is C17H24N4O. The molecule has 1 aliphatic rings. The molecule has 2 aromatic rings. The molecule has 0 spiro atoms. The first-order valence-electron chi connectivity index (χ1n) is 8.01. The van der Waals surface area contributed by atoms with Crippen molar-refractivity contribution in [2.45, 2.75) is 38.4 Å². The molecule has 118 valence electrons. The summed E-state index contributed by atoms with van der Waals surface area (Å²) in [4.78, 5) is 11.4. The summed E-state index contributed by atoms with van der Waals surface area (Å²) in [5.41, 5.74) is 2.44. The van der Waals surface area contributed by atoms with E-state index < -0.39 is 0 Å². The van der Waals surface area contributed by atoms with Crippen LogP contribution in [0.2, 0.25) is 0 Å². The van der Waals surface area contributed by atoms with E-state index in [0.29, 0.717) is 12.6 Å². The number of nitrogens with zero attached hydrogens (tertiary/aromatic N) is 4. The van der Waals surface area contributed by atoms with Crippen molar-refractivity contribution in [2.75, 3.05) is 20.3 Å². The number of rotatable bonds is 6. The van der Waals surface area contributed by atoms with Gasteiger partial charge in [0.05, 0.1) is 30.4 Å². The highest BCUT2D eigenvalue weighted by molar-refractivity contribution is 5.11. The van der Waals surface area contributed by atoms with Gasteiger partial charge < -0.3 is 9.30 Å². The van der Waals surface area contributed by atoms with E-state index in [4.69, 9.17) is 4.74 Å². The second-order valence-electron chi connectivity index (χ2n) is 5.81. The lowest BCUT2D eigenvalue weighted by Crippen LogP contribution is -2.34. The van der Waals surface area contributed by atoms with E-state index >= 15 is 0 Å². The molecule has 1 fully saturated rings. The summed E-state index contributed by atoms with van der Waals surface area (Å²) in [6.07, 6.45) is 9.48. The fourth-order valence-electron chi connectivity index (χ4n) is 3.17. The maximum atomic E-state index is 5.18. The van der Waals surface area contributed by atoms with E-state index in [1.54, 1.807) is 7.11 Å². The number of piperidine rings is 1. The molecule has 1 aliphatic heterocycles. The lowest BCUT2D eigenvalue weighted by atomic mass is 9.98. The number of aromatic nitrogens is 3. The summed E-state index contributed by atoms with van der Waals surface area (Å²) in [6.45, 7) is 3.61. The quantitative estimate of drug-likeness (QED) is 0.822. The summed E-state index contributed by atoms with van der Waals surface area (Å²) in [7, 11) is 1.73. The Morgan fingerprint density at radius 1 is 1.32 bits per heavy atom. The second-order valence-corrected chi connectivity index (χ2v) is 5.81. The van der Waals surface area contributed by atoms with Gasteiger partial charge in [-0.15, -0.1) is 0 Å². The molecule has 0 unspecified atom stereocenters. The minimum atomic E-state index is 0.417. The molecule has 5 nitrogen and oxygen atoms in total. The molecule has 1 saturated heterocycles. The molecule has 22 heavy (non-hydrogen) atoms. The van der Waals surface area contributed by atoms with Crippen LogP contribution in [0.1, 0.15) is 36.7 Å². The highest BCUT2D eigenvalue weighted by Crippen LogP contribution is 2.30. The Labute approximate surface area is 131 Å². The number of hydrogen-bond acceptors (Lipinski definition) is 4. The van der Waals surface area contributed by atoms with Gasteiger partial charge in [0.15, 0.2) is 0 Å². The van der Waals surface area contributed by atoms with Gasteiger partial charge in [0, 0.05) is 32.6 Å². The fourth-order valence-corrected chi connectivity index (χ4v) is 3.17. The smallest absolute Gasteiger partial charge is 0.0949 e. The van der Waals surface area contributed by atoms with Crippen molar-refractivity contribution in [3.8, 4) is 0 Å². The van der Waals surface area contributed by atoms with Crippen LogP contribution in [0, 0.1) is 0 Å². The van der Waals surface area contributed by atoms with Crippen molar-refractivity contribution in [2.24, 2.45) is 0 Å². The molecule has 0 aliphatic carbocycles. The first-order valence-corrected chi connectivity index (χ1v) is 8.01. The van der Waals surface area contributed by atoms with Gasteiger partial charge in [-0.2, -0.15) is 0 Å². The van der Waals surface area contributed by atoms with Crippen LogP contribution in [-0.2, 0) is 17.8 Å². The van der Waals surface area contributed by atoms with Gasteiger partial charge in [0.25, 0.3) is 0 Å². The third kappa shape index (κ3) is 3.54. The fraction of sp³-hybridized carbons (Fsp3) is 0.529. The first kappa shape index (κ1) is 15.2. The molecule has 0 N–H and O–H groups in total. The molecule has 0 aromatic carbocycles. The number of pyridine rings is 1. The van der Waals surface area contributed by atoms with E-state index in [9.17, 15) is 0 Å². The predicted octanol–water partition coefficient (Wildman–Crippen LogP) is 2.65. The Kier molecular flexibility index (Phi) is 5.19. The third-order valence-electron chi connectivity index (χ3n) is 4.34. The largest absolute Gasteiger partial charge is 0.383 e. The van der Waals surface area contributed by atoms with Crippen molar-refractivity contribution < 1.29 is 4.74 Å². The predicted molar refractivity (Wildman–Crippen MR) is 85.3 cm³/mol. The molecule has 1 atom stereocenters. The van der Waals surface area contributed by atoms with E-state index in [0.717, 1.165) is 19.6 Å². The summed E-state index contributed by atoms with van der Waals surface area (Å²) in [5, 5.41) is 0. The summed E-state index contributed by atoms with van der Waals surface area (Å²) < 4.78 is 7.37. The molecule has 3 rings (SSSR count). The van der Waals surface area contributed by atoms with Crippen LogP contribution >= 0.6 is 0 Å². The van der Waals surface area contributed by atoms with Gasteiger partial charge in [0.1, 0.15) is 0 Å². The van der Waals surface area contributed by atoms with Crippen LogP contribution in [0.25, 0.3) is 0 Å². The standard InChI is InChI=1S/C17H24N4O/c1-22-11-10-21-14-18-12-15(21)13-20-9-5-3-7-17(20)16-6-2-4-8-19-16/h2,4,6,8,12,14,17H,3,5,7,9-11,13H2,1H3/t17-/m0/s1. The maximum absolute atomic E-state index is 5.18. The van der Waals surface area contributed by atoms with Crippen molar-refractivity contribution in [1.29, 1.82) is 0 Å². The van der Waals surface area contributed by atoms with Crippen molar-refractivity contribution in [3.63, 3.8) is 0 Å². The summed E-state index contributed by atoms with van der Waals surface area (Å²) in [5.74, 6) is 0. The van der Waals surface area contributed by atoms with E-state index in [1.165, 1.54) is 30.7 Å². The maximum Gasteiger partial charge on any atom is 0.0949 e. The monoisotopic (exact) mass is 300 g/mol. The van der Waals surface area contributed by atoms with Crippen LogP contribution in [-0.4, -0.2) is 39.7 Å². The third-order valence-corrected chi connectivity index (χ3v) is 4.34. The van der Waals surface area contributed by atoms with Gasteiger partial charge in [-0.25, -0.2) is 4.98 Å². The molecular weight excluding hydrogens is 276 g/mol. The lowest BCUT2D eigenvalue weighted by Gasteiger charge is -2.35. The Morgan fingerprint density at radius 3 is 3.09 bits per heavy atom. The highest BCUT2D eigenvalue weighted by Gasteiger charge is 2.25. The molecule has 0 amide bonds. The number of hydrogen-bond donors (Lipinski definition) is 0. The molecule has 3 heterocycles. The minimum Gasteiger partial charge on any atom is -0.383 e. The molecule has 0 bridgehead atoms. The number of ether oxygens (including phenoxy) is 1. The van der Waals surface area contributed by atoms with Crippen molar-refractivity contribution in [1.82, 2.24) is 19.4 Å². The average molecular weight is 300 g/mol. The molecule has 5 heteroatoms. The number of methoxy groups -OCH3 is 1. The summed E-state index contributed by atoms with van der Waals surface area (Å²) >= 11 is 0. The van der Waals surface area contributed by atoms with Crippen molar-refractivity contribution in [3.05, 3.63) is 48.3 Å². The van der Waals surface area contributed by atoms with Gasteiger partial charge in [-0.05, 0) is 31.5 Å².